The summed E-state index contributed by atoms with van der Waals surface area (Å²) in [6.45, 7) is -0.0229. The predicted octanol–water partition coefficient (Wildman–Crippen LogP) is 4.23. The molecule has 4 heteroatoms. The first kappa shape index (κ1) is 12.6. The van der Waals surface area contributed by atoms with Gasteiger partial charge in [-0.3, -0.25) is 0 Å². The Labute approximate surface area is 112 Å². The van der Waals surface area contributed by atoms with Crippen LogP contribution in [0.15, 0.2) is 56.7 Å². The highest BCUT2D eigenvalue weighted by molar-refractivity contribution is 9.10. The monoisotopic (exact) mass is 312 g/mol. The Morgan fingerprint density at radius 2 is 2.00 bits per heavy atom. The largest absolute Gasteiger partial charge is 0.392 e. The second-order valence-electron chi connectivity index (χ2n) is 3.47. The van der Waals surface area contributed by atoms with E-state index < -0.39 is 0 Å². The summed E-state index contributed by atoms with van der Waals surface area (Å²) in [6, 6.07) is 12.1. The van der Waals surface area contributed by atoms with Crippen LogP contribution in [0.1, 0.15) is 5.56 Å². The number of aliphatic hydroxyl groups excluding tert-OH is 1. The van der Waals surface area contributed by atoms with Crippen molar-refractivity contribution in [1.29, 1.82) is 0 Å². The molecule has 0 aliphatic carbocycles. The molecule has 2 aromatic carbocycles. The zero-order valence-electron chi connectivity index (χ0n) is 8.86. The molecule has 0 spiro atoms. The Morgan fingerprint density at radius 1 is 1.18 bits per heavy atom. The molecule has 0 atom stereocenters. The number of rotatable bonds is 3. The minimum atomic E-state index is -0.254. The third-order valence-corrected chi connectivity index (χ3v) is 3.81. The van der Waals surface area contributed by atoms with Gasteiger partial charge in [-0.25, -0.2) is 4.39 Å². The lowest BCUT2D eigenvalue weighted by Crippen LogP contribution is -1.87. The zero-order valence-corrected chi connectivity index (χ0v) is 11.3. The molecule has 0 heterocycles. The second kappa shape index (κ2) is 5.67. The Balaban J connectivity index is 2.32. The number of hydrogen-bond donors (Lipinski definition) is 1. The van der Waals surface area contributed by atoms with Gasteiger partial charge in [0.2, 0.25) is 0 Å². The molecule has 0 saturated heterocycles. The molecule has 0 saturated carbocycles. The smallest absolute Gasteiger partial charge is 0.124 e. The SMILES string of the molecule is OCc1ccc(Br)cc1Sc1cccc(F)c1. The number of hydrogen-bond acceptors (Lipinski definition) is 2. The van der Waals surface area contributed by atoms with Gasteiger partial charge in [0, 0.05) is 14.3 Å². The lowest BCUT2D eigenvalue weighted by molar-refractivity contribution is 0.279. The molecule has 0 radical (unpaired) electrons. The van der Waals surface area contributed by atoms with E-state index in [1.54, 1.807) is 6.07 Å². The minimum absolute atomic E-state index is 0.0229. The summed E-state index contributed by atoms with van der Waals surface area (Å²) >= 11 is 4.82. The van der Waals surface area contributed by atoms with Gasteiger partial charge in [0.15, 0.2) is 0 Å². The van der Waals surface area contributed by atoms with Crippen molar-refractivity contribution >= 4 is 27.7 Å². The third-order valence-electron chi connectivity index (χ3n) is 2.22. The molecule has 88 valence electrons. The van der Waals surface area contributed by atoms with Crippen molar-refractivity contribution in [3.63, 3.8) is 0 Å². The van der Waals surface area contributed by atoms with Crippen molar-refractivity contribution in [2.24, 2.45) is 0 Å². The summed E-state index contributed by atoms with van der Waals surface area (Å²) in [5.74, 6) is -0.254. The highest BCUT2D eigenvalue weighted by Gasteiger charge is 2.05. The summed E-state index contributed by atoms with van der Waals surface area (Å²) in [4.78, 5) is 1.74. The third kappa shape index (κ3) is 3.31. The predicted molar refractivity (Wildman–Crippen MR) is 70.6 cm³/mol. The van der Waals surface area contributed by atoms with Crippen molar-refractivity contribution in [3.8, 4) is 0 Å². The maximum Gasteiger partial charge on any atom is 0.124 e. The van der Waals surface area contributed by atoms with Gasteiger partial charge in [-0.1, -0.05) is 39.8 Å². The van der Waals surface area contributed by atoms with Gasteiger partial charge in [-0.2, -0.15) is 0 Å². The highest BCUT2D eigenvalue weighted by atomic mass is 79.9. The van der Waals surface area contributed by atoms with Gasteiger partial charge in [0.1, 0.15) is 5.82 Å². The van der Waals surface area contributed by atoms with Crippen LogP contribution in [0.4, 0.5) is 4.39 Å². The summed E-state index contributed by atoms with van der Waals surface area (Å²) < 4.78 is 14.0. The van der Waals surface area contributed by atoms with Gasteiger partial charge in [-0.15, -0.1) is 0 Å². The fraction of sp³-hybridized carbons (Fsp3) is 0.0769. The number of aliphatic hydroxyl groups is 1. The zero-order chi connectivity index (χ0) is 12.3. The molecular weight excluding hydrogens is 303 g/mol. The molecule has 1 nitrogen and oxygen atoms in total. The Kier molecular flexibility index (Phi) is 4.20. The molecule has 1 N–H and O–H groups in total. The molecular formula is C13H10BrFOS. The Bertz CT molecular complexity index is 531. The molecule has 2 rings (SSSR count). The molecule has 0 amide bonds. The molecule has 17 heavy (non-hydrogen) atoms. The van der Waals surface area contributed by atoms with E-state index in [9.17, 15) is 9.50 Å². The lowest BCUT2D eigenvalue weighted by Gasteiger charge is -2.07. The first-order valence-corrected chi connectivity index (χ1v) is 6.62. The van der Waals surface area contributed by atoms with Crippen LogP contribution in [0.2, 0.25) is 0 Å². The molecule has 0 bridgehead atoms. The van der Waals surface area contributed by atoms with E-state index >= 15 is 0 Å². The molecule has 0 unspecified atom stereocenters. The van der Waals surface area contributed by atoms with E-state index in [4.69, 9.17) is 0 Å². The summed E-state index contributed by atoms with van der Waals surface area (Å²) in [5, 5.41) is 9.24. The Hall–Kier alpha value is -0.840. The highest BCUT2D eigenvalue weighted by Crippen LogP contribution is 2.32. The van der Waals surface area contributed by atoms with Gasteiger partial charge < -0.3 is 5.11 Å². The molecule has 0 fully saturated rings. The summed E-state index contributed by atoms with van der Waals surface area (Å²) in [5.41, 5.74) is 0.836. The van der Waals surface area contributed by atoms with Crippen molar-refractivity contribution in [2.45, 2.75) is 16.4 Å². The first-order chi connectivity index (χ1) is 8.19. The van der Waals surface area contributed by atoms with Gasteiger partial charge in [-0.05, 0) is 35.9 Å². The van der Waals surface area contributed by atoms with Crippen LogP contribution in [0.5, 0.6) is 0 Å². The summed E-state index contributed by atoms with van der Waals surface area (Å²) in [7, 11) is 0. The van der Waals surface area contributed by atoms with Crippen molar-refractivity contribution in [2.75, 3.05) is 0 Å². The van der Waals surface area contributed by atoms with Crippen LogP contribution in [0.3, 0.4) is 0 Å². The van der Waals surface area contributed by atoms with Gasteiger partial charge >= 0.3 is 0 Å². The quantitative estimate of drug-likeness (QED) is 0.915. The molecule has 0 aromatic heterocycles. The average Bonchev–Trinajstić information content (AvgIpc) is 2.29. The normalized spacial score (nSPS) is 10.5. The van der Waals surface area contributed by atoms with Crippen LogP contribution in [-0.4, -0.2) is 5.11 Å². The van der Waals surface area contributed by atoms with Crippen molar-refractivity contribution < 1.29 is 9.50 Å². The van der Waals surface area contributed by atoms with Gasteiger partial charge in [0.25, 0.3) is 0 Å². The van der Waals surface area contributed by atoms with Crippen LogP contribution in [-0.2, 0) is 6.61 Å². The van der Waals surface area contributed by atoms with Crippen LogP contribution < -0.4 is 0 Å². The van der Waals surface area contributed by atoms with E-state index in [1.165, 1.54) is 23.9 Å². The standard InChI is InChI=1S/C13H10BrFOS/c14-10-5-4-9(8-16)13(6-10)17-12-3-1-2-11(15)7-12/h1-7,16H,8H2. The van der Waals surface area contributed by atoms with Crippen LogP contribution in [0, 0.1) is 5.82 Å². The van der Waals surface area contributed by atoms with E-state index in [-0.39, 0.29) is 12.4 Å². The molecule has 2 aromatic rings. The van der Waals surface area contributed by atoms with Crippen molar-refractivity contribution in [1.82, 2.24) is 0 Å². The van der Waals surface area contributed by atoms with E-state index in [1.807, 2.05) is 24.3 Å². The second-order valence-corrected chi connectivity index (χ2v) is 5.50. The van der Waals surface area contributed by atoms with E-state index in [2.05, 4.69) is 15.9 Å². The summed E-state index contributed by atoms with van der Waals surface area (Å²) in [6.07, 6.45) is 0. The topological polar surface area (TPSA) is 20.2 Å². The number of benzene rings is 2. The van der Waals surface area contributed by atoms with Crippen LogP contribution >= 0.6 is 27.7 Å². The van der Waals surface area contributed by atoms with Gasteiger partial charge in [0.05, 0.1) is 6.61 Å². The van der Waals surface area contributed by atoms with E-state index in [0.717, 1.165) is 19.8 Å². The fourth-order valence-corrected chi connectivity index (χ4v) is 2.95. The van der Waals surface area contributed by atoms with Crippen LogP contribution in [0.25, 0.3) is 0 Å². The number of halogens is 2. The minimum Gasteiger partial charge on any atom is -0.392 e. The Morgan fingerprint density at radius 3 is 2.71 bits per heavy atom. The lowest BCUT2D eigenvalue weighted by atomic mass is 10.2. The molecule has 0 aliphatic heterocycles. The first-order valence-electron chi connectivity index (χ1n) is 5.02. The fourth-order valence-electron chi connectivity index (χ4n) is 1.41. The maximum atomic E-state index is 13.1. The molecule has 0 aliphatic rings. The van der Waals surface area contributed by atoms with Crippen molar-refractivity contribution in [3.05, 3.63) is 58.3 Å². The maximum absolute atomic E-state index is 13.1. The van der Waals surface area contributed by atoms with E-state index in [0.29, 0.717) is 0 Å². The average molecular weight is 313 g/mol.